The molecule has 3 aromatic rings. The molecule has 0 spiro atoms. The quantitative estimate of drug-likeness (QED) is 0.427. The number of carbonyl (C=O) groups excluding carboxylic acids is 1. The van der Waals surface area contributed by atoms with Gasteiger partial charge in [0.25, 0.3) is 0 Å². The van der Waals surface area contributed by atoms with E-state index in [9.17, 15) is 13.2 Å². The van der Waals surface area contributed by atoms with Gasteiger partial charge in [-0.3, -0.25) is 10.4 Å². The molecule has 3 aromatic heterocycles. The summed E-state index contributed by atoms with van der Waals surface area (Å²) in [6.45, 7) is 5.64. The van der Waals surface area contributed by atoms with Gasteiger partial charge in [0, 0.05) is 30.6 Å². The molecule has 1 saturated heterocycles. The summed E-state index contributed by atoms with van der Waals surface area (Å²) >= 11 is 0. The lowest BCUT2D eigenvalue weighted by Crippen LogP contribution is -2.44. The van der Waals surface area contributed by atoms with Gasteiger partial charge in [-0.05, 0) is 38.8 Å². The first-order valence-corrected chi connectivity index (χ1v) is 14.5. The van der Waals surface area contributed by atoms with Crippen LogP contribution in [0.2, 0.25) is 0 Å². The third-order valence-corrected chi connectivity index (χ3v) is 9.34. The van der Waals surface area contributed by atoms with E-state index in [-0.39, 0.29) is 6.04 Å². The van der Waals surface area contributed by atoms with E-state index in [1.165, 1.54) is 12.5 Å². The number of H-pyrrole nitrogens is 1. The zero-order valence-electron chi connectivity index (χ0n) is 21.7. The second-order valence-electron chi connectivity index (χ2n) is 9.95. The van der Waals surface area contributed by atoms with E-state index in [0.29, 0.717) is 67.0 Å². The number of amides is 2. The van der Waals surface area contributed by atoms with Gasteiger partial charge in [-0.1, -0.05) is 12.8 Å². The maximum Gasteiger partial charge on any atom is 0.324 e. The largest absolute Gasteiger partial charge is 0.377 e. The molecule has 2 aliphatic rings. The number of nitrogens with one attached hydrogen (secondary N) is 3. The highest BCUT2D eigenvalue weighted by molar-refractivity contribution is 7.91. The number of morpholine rings is 1. The van der Waals surface area contributed by atoms with Crippen molar-refractivity contribution in [1.82, 2.24) is 25.1 Å². The highest BCUT2D eigenvalue weighted by atomic mass is 32.2. The number of hydrogen-bond acceptors (Lipinski definition) is 9. The van der Waals surface area contributed by atoms with Gasteiger partial charge in [0.1, 0.15) is 16.4 Å². The van der Waals surface area contributed by atoms with Crippen molar-refractivity contribution in [3.8, 4) is 11.4 Å². The van der Waals surface area contributed by atoms with Crippen molar-refractivity contribution in [3.63, 3.8) is 0 Å². The molecule has 5 rings (SSSR count). The second kappa shape index (κ2) is 10.3. The molecule has 1 atom stereocenters. The Labute approximate surface area is 221 Å². The zero-order valence-corrected chi connectivity index (χ0v) is 22.5. The van der Waals surface area contributed by atoms with Crippen LogP contribution in [0.5, 0.6) is 0 Å². The summed E-state index contributed by atoms with van der Waals surface area (Å²) in [7, 11) is -3.43. The van der Waals surface area contributed by atoms with Crippen LogP contribution >= 0.6 is 0 Å². The molecule has 13 heteroatoms. The number of carbonyl (C=O) groups is 1. The van der Waals surface area contributed by atoms with Crippen LogP contribution in [0.25, 0.3) is 11.4 Å². The fourth-order valence-corrected chi connectivity index (χ4v) is 6.64. The standard InChI is InChI=1S/C25H32N8O4S/c1-16-15-37-11-10-33(16)22-12-20(25(38(3,35)36)8-4-5-9-25)29-23(31-22)18-6-7-21(26-13-18)30-24(34)28-19-14-27-32-17(19)2/h6-7,12-14,16H,4-5,8-11,15H2,1-3H3,(H,27,32)(H2,26,28,30,34)/t16-/m0/s1. The molecule has 4 heterocycles. The number of rotatable bonds is 6. The van der Waals surface area contributed by atoms with Crippen LogP contribution in [-0.2, 0) is 19.3 Å². The van der Waals surface area contributed by atoms with Gasteiger partial charge in [-0.2, -0.15) is 5.10 Å². The van der Waals surface area contributed by atoms with Crippen molar-refractivity contribution in [2.75, 3.05) is 41.5 Å². The molecule has 2 fully saturated rings. The summed E-state index contributed by atoms with van der Waals surface area (Å²) in [5.74, 6) is 1.41. The predicted molar refractivity (Wildman–Crippen MR) is 144 cm³/mol. The van der Waals surface area contributed by atoms with E-state index in [0.717, 1.165) is 18.5 Å². The minimum Gasteiger partial charge on any atom is -0.377 e. The van der Waals surface area contributed by atoms with Crippen LogP contribution in [0, 0.1) is 6.92 Å². The summed E-state index contributed by atoms with van der Waals surface area (Å²) in [5.41, 5.74) is 2.45. The van der Waals surface area contributed by atoms with Gasteiger partial charge in [-0.15, -0.1) is 0 Å². The number of aromatic nitrogens is 5. The van der Waals surface area contributed by atoms with Crippen molar-refractivity contribution >= 4 is 33.2 Å². The molecule has 3 N–H and O–H groups in total. The first kappa shape index (κ1) is 26.0. The van der Waals surface area contributed by atoms with E-state index in [2.05, 4.69) is 37.6 Å². The van der Waals surface area contributed by atoms with Crippen molar-refractivity contribution in [2.45, 2.75) is 50.3 Å². The molecule has 0 bridgehead atoms. The summed E-state index contributed by atoms with van der Waals surface area (Å²) in [5, 5.41) is 12.0. The average Bonchev–Trinajstić information content (AvgIpc) is 3.55. The number of aromatic amines is 1. The molecular weight excluding hydrogens is 508 g/mol. The van der Waals surface area contributed by atoms with Gasteiger partial charge in [0.15, 0.2) is 15.7 Å². The van der Waals surface area contributed by atoms with Gasteiger partial charge in [0.2, 0.25) is 0 Å². The maximum atomic E-state index is 13.1. The topological polar surface area (TPSA) is 155 Å². The molecular formula is C25H32N8O4S. The Morgan fingerprint density at radius 1 is 1.18 bits per heavy atom. The molecule has 0 unspecified atom stereocenters. The van der Waals surface area contributed by atoms with Gasteiger partial charge < -0.3 is 15.0 Å². The average molecular weight is 541 g/mol. The van der Waals surface area contributed by atoms with Crippen LogP contribution < -0.4 is 15.5 Å². The first-order chi connectivity index (χ1) is 18.2. The number of pyridine rings is 1. The van der Waals surface area contributed by atoms with E-state index >= 15 is 0 Å². The summed E-state index contributed by atoms with van der Waals surface area (Å²) < 4.78 is 30.7. The fraction of sp³-hybridized carbons (Fsp3) is 0.480. The monoisotopic (exact) mass is 540 g/mol. The number of nitrogens with zero attached hydrogens (tertiary/aromatic N) is 5. The number of anilines is 3. The SMILES string of the molecule is Cc1[nH]ncc1NC(=O)Nc1ccc(-c2nc(N3CCOC[C@@H]3C)cc(C3(S(C)(=O)=O)CCCC3)n2)cn1. The number of sulfone groups is 1. The third-order valence-electron chi connectivity index (χ3n) is 7.30. The van der Waals surface area contributed by atoms with E-state index < -0.39 is 20.6 Å². The molecule has 1 aliphatic carbocycles. The lowest BCUT2D eigenvalue weighted by Gasteiger charge is -2.35. The van der Waals surface area contributed by atoms with Crippen LogP contribution in [0.4, 0.5) is 22.1 Å². The Kier molecular flexibility index (Phi) is 7.05. The Bertz CT molecular complexity index is 1420. The minimum absolute atomic E-state index is 0.0826. The molecule has 1 aliphatic heterocycles. The Morgan fingerprint density at radius 2 is 1.97 bits per heavy atom. The van der Waals surface area contributed by atoms with Crippen molar-refractivity contribution in [3.05, 3.63) is 42.0 Å². The molecule has 2 amide bonds. The summed E-state index contributed by atoms with van der Waals surface area (Å²) in [6, 6.07) is 4.89. The van der Waals surface area contributed by atoms with Crippen LogP contribution in [0.3, 0.4) is 0 Å². The van der Waals surface area contributed by atoms with E-state index in [1.54, 1.807) is 25.3 Å². The highest BCUT2D eigenvalue weighted by Crippen LogP contribution is 2.45. The smallest absolute Gasteiger partial charge is 0.324 e. The molecule has 38 heavy (non-hydrogen) atoms. The fourth-order valence-electron chi connectivity index (χ4n) is 5.12. The Balaban J connectivity index is 1.47. The van der Waals surface area contributed by atoms with Crippen molar-refractivity contribution < 1.29 is 17.9 Å². The number of aryl methyl sites for hydroxylation is 1. The number of ether oxygens (including phenoxy) is 1. The molecule has 0 aromatic carbocycles. The van der Waals surface area contributed by atoms with Gasteiger partial charge in [0.05, 0.1) is 42.5 Å². The number of urea groups is 1. The van der Waals surface area contributed by atoms with Crippen LogP contribution in [0.15, 0.2) is 30.6 Å². The lowest BCUT2D eigenvalue weighted by molar-refractivity contribution is 0.0985. The second-order valence-corrected chi connectivity index (χ2v) is 12.3. The van der Waals surface area contributed by atoms with E-state index in [1.807, 2.05) is 6.07 Å². The maximum absolute atomic E-state index is 13.1. The summed E-state index contributed by atoms with van der Waals surface area (Å²) in [4.78, 5) is 28.5. The normalized spacial score (nSPS) is 19.3. The zero-order chi connectivity index (χ0) is 26.9. The Hall–Kier alpha value is -3.58. The molecule has 12 nitrogen and oxygen atoms in total. The molecule has 0 radical (unpaired) electrons. The van der Waals surface area contributed by atoms with Crippen LogP contribution in [0.1, 0.15) is 44.0 Å². The molecule has 202 valence electrons. The van der Waals surface area contributed by atoms with E-state index in [4.69, 9.17) is 14.7 Å². The third kappa shape index (κ3) is 5.07. The van der Waals surface area contributed by atoms with Gasteiger partial charge in [-0.25, -0.2) is 28.2 Å². The van der Waals surface area contributed by atoms with Gasteiger partial charge >= 0.3 is 6.03 Å². The Morgan fingerprint density at radius 3 is 2.61 bits per heavy atom. The van der Waals surface area contributed by atoms with Crippen LogP contribution in [-0.4, -0.2) is 71.7 Å². The molecule has 1 saturated carbocycles. The summed E-state index contributed by atoms with van der Waals surface area (Å²) in [6.07, 6.45) is 7.13. The predicted octanol–water partition coefficient (Wildman–Crippen LogP) is 3.25. The lowest BCUT2D eigenvalue weighted by atomic mass is 10.0. The van der Waals surface area contributed by atoms with Crippen molar-refractivity contribution in [1.29, 1.82) is 0 Å². The first-order valence-electron chi connectivity index (χ1n) is 12.6. The number of hydrogen-bond donors (Lipinski definition) is 3. The van der Waals surface area contributed by atoms with Crippen molar-refractivity contribution in [2.24, 2.45) is 0 Å². The minimum atomic E-state index is -3.43. The highest BCUT2D eigenvalue weighted by Gasteiger charge is 2.47.